The van der Waals surface area contributed by atoms with Gasteiger partial charge in [0.05, 0.1) is 25.1 Å². The molecular weight excluding hydrogens is 358 g/mol. The maximum absolute atomic E-state index is 12.8. The molecule has 1 fully saturated rings. The number of nitriles is 1. The van der Waals surface area contributed by atoms with Gasteiger partial charge in [0, 0.05) is 25.5 Å². The van der Waals surface area contributed by atoms with Crippen LogP contribution in [0.25, 0.3) is 5.88 Å². The van der Waals surface area contributed by atoms with Crippen molar-refractivity contribution in [2.75, 3.05) is 36.5 Å². The highest BCUT2D eigenvalue weighted by atomic mass is 16.5. The van der Waals surface area contributed by atoms with E-state index in [2.05, 4.69) is 21.3 Å². The van der Waals surface area contributed by atoms with Crippen molar-refractivity contribution in [1.82, 2.24) is 9.55 Å². The van der Waals surface area contributed by atoms with E-state index in [1.807, 2.05) is 18.2 Å². The molecule has 0 radical (unpaired) electrons. The summed E-state index contributed by atoms with van der Waals surface area (Å²) in [5.41, 5.74) is 0.974. The lowest BCUT2D eigenvalue weighted by Crippen LogP contribution is -2.36. The minimum atomic E-state index is -0.405. The maximum atomic E-state index is 12.8. The van der Waals surface area contributed by atoms with Gasteiger partial charge in [-0.3, -0.25) is 9.36 Å². The first-order chi connectivity index (χ1) is 13.7. The van der Waals surface area contributed by atoms with Crippen molar-refractivity contribution >= 4 is 17.4 Å². The number of rotatable bonds is 4. The summed E-state index contributed by atoms with van der Waals surface area (Å²) in [5, 5.41) is 12.4. The molecule has 142 valence electrons. The monoisotopic (exact) mass is 377 g/mol. The van der Waals surface area contributed by atoms with Gasteiger partial charge in [-0.2, -0.15) is 5.26 Å². The number of morpholine rings is 1. The number of pyridine rings is 1. The van der Waals surface area contributed by atoms with Crippen LogP contribution in [0.5, 0.6) is 0 Å². The van der Waals surface area contributed by atoms with Crippen molar-refractivity contribution in [2.24, 2.45) is 0 Å². The molecule has 0 atom stereocenters. The van der Waals surface area contributed by atoms with Crippen LogP contribution in [0.4, 0.5) is 11.5 Å². The van der Waals surface area contributed by atoms with Gasteiger partial charge < -0.3 is 19.4 Å². The van der Waals surface area contributed by atoms with Crippen LogP contribution in [0, 0.1) is 18.3 Å². The lowest BCUT2D eigenvalue weighted by atomic mass is 10.1. The first-order valence-electron chi connectivity index (χ1n) is 8.94. The summed E-state index contributed by atoms with van der Waals surface area (Å²) >= 11 is 0. The number of aromatic nitrogens is 2. The van der Waals surface area contributed by atoms with Gasteiger partial charge in [0.25, 0.3) is 5.91 Å². The summed E-state index contributed by atoms with van der Waals surface area (Å²) in [6.45, 7) is 4.62. The summed E-state index contributed by atoms with van der Waals surface area (Å²) in [6, 6.07) is 9.38. The molecule has 8 nitrogen and oxygen atoms in total. The highest BCUT2D eigenvalue weighted by molar-refractivity contribution is 6.07. The smallest absolute Gasteiger partial charge is 0.260 e. The van der Waals surface area contributed by atoms with Gasteiger partial charge in [0.15, 0.2) is 0 Å². The Balaban J connectivity index is 1.55. The second kappa shape index (κ2) is 7.58. The summed E-state index contributed by atoms with van der Waals surface area (Å²) in [5.74, 6) is 1.15. The standard InChI is InChI=1S/C20H19N5O3/c1-14-18(16(12-21)20(28-14)25-6-2-3-7-25)19(26)23-15-4-5-17(22-13-15)24-8-10-27-11-9-24/h2-7,13H,8-11H2,1H3,(H,23,26). The van der Waals surface area contributed by atoms with E-state index >= 15 is 0 Å². The molecule has 0 saturated carbocycles. The SMILES string of the molecule is Cc1oc(-n2cccc2)c(C#N)c1C(=O)Nc1ccc(N2CCOCC2)nc1. The van der Waals surface area contributed by atoms with Crippen LogP contribution in [0.1, 0.15) is 21.7 Å². The lowest BCUT2D eigenvalue weighted by molar-refractivity contribution is 0.102. The summed E-state index contributed by atoms with van der Waals surface area (Å²) in [6.07, 6.45) is 5.13. The Labute approximate surface area is 162 Å². The Bertz CT molecular complexity index is 1010. The van der Waals surface area contributed by atoms with E-state index in [0.29, 0.717) is 30.5 Å². The molecule has 1 amide bonds. The maximum Gasteiger partial charge on any atom is 0.260 e. The second-order valence-electron chi connectivity index (χ2n) is 6.37. The van der Waals surface area contributed by atoms with E-state index in [1.54, 1.807) is 36.1 Å². The number of ether oxygens (including phenoxy) is 1. The minimum absolute atomic E-state index is 0.198. The number of anilines is 2. The van der Waals surface area contributed by atoms with Gasteiger partial charge in [0.1, 0.15) is 28.8 Å². The Morgan fingerprint density at radius 3 is 2.64 bits per heavy atom. The van der Waals surface area contributed by atoms with Gasteiger partial charge in [0.2, 0.25) is 5.88 Å². The molecule has 0 aliphatic carbocycles. The number of nitrogens with one attached hydrogen (secondary N) is 1. The van der Waals surface area contributed by atoms with Crippen LogP contribution < -0.4 is 10.2 Å². The molecule has 28 heavy (non-hydrogen) atoms. The van der Waals surface area contributed by atoms with E-state index in [-0.39, 0.29) is 11.1 Å². The molecule has 0 aromatic carbocycles. The fourth-order valence-corrected chi connectivity index (χ4v) is 3.19. The molecule has 0 spiro atoms. The average molecular weight is 377 g/mol. The molecule has 8 heteroatoms. The average Bonchev–Trinajstić information content (AvgIpc) is 3.36. The third-order valence-corrected chi connectivity index (χ3v) is 4.58. The third kappa shape index (κ3) is 3.35. The van der Waals surface area contributed by atoms with E-state index in [1.165, 1.54) is 0 Å². The summed E-state index contributed by atoms with van der Waals surface area (Å²) in [7, 11) is 0. The number of amides is 1. The topological polar surface area (TPSA) is 96.3 Å². The fourth-order valence-electron chi connectivity index (χ4n) is 3.19. The van der Waals surface area contributed by atoms with E-state index in [0.717, 1.165) is 18.9 Å². The Hall–Kier alpha value is -3.57. The van der Waals surface area contributed by atoms with Gasteiger partial charge >= 0.3 is 0 Å². The minimum Gasteiger partial charge on any atom is -0.443 e. The predicted molar refractivity (Wildman–Crippen MR) is 103 cm³/mol. The second-order valence-corrected chi connectivity index (χ2v) is 6.37. The van der Waals surface area contributed by atoms with E-state index in [9.17, 15) is 10.1 Å². The van der Waals surface area contributed by atoms with Crippen molar-refractivity contribution in [2.45, 2.75) is 6.92 Å². The van der Waals surface area contributed by atoms with Crippen LogP contribution in [0.15, 0.2) is 47.3 Å². The first-order valence-corrected chi connectivity index (χ1v) is 8.94. The number of carbonyl (C=O) groups is 1. The zero-order chi connectivity index (χ0) is 19.5. The van der Waals surface area contributed by atoms with Gasteiger partial charge in [-0.15, -0.1) is 0 Å². The molecule has 3 aromatic rings. The number of hydrogen-bond donors (Lipinski definition) is 1. The largest absolute Gasteiger partial charge is 0.443 e. The van der Waals surface area contributed by atoms with E-state index in [4.69, 9.17) is 9.15 Å². The van der Waals surface area contributed by atoms with Crippen LogP contribution in [-0.2, 0) is 4.74 Å². The van der Waals surface area contributed by atoms with Crippen molar-refractivity contribution in [1.29, 1.82) is 5.26 Å². The molecular formula is C20H19N5O3. The van der Waals surface area contributed by atoms with Crippen LogP contribution >= 0.6 is 0 Å². The highest BCUT2D eigenvalue weighted by Gasteiger charge is 2.24. The van der Waals surface area contributed by atoms with Crippen molar-refractivity contribution < 1.29 is 13.9 Å². The number of aryl methyl sites for hydroxylation is 1. The molecule has 0 bridgehead atoms. The van der Waals surface area contributed by atoms with Gasteiger partial charge in [-0.1, -0.05) is 0 Å². The van der Waals surface area contributed by atoms with Crippen LogP contribution in [0.2, 0.25) is 0 Å². The first kappa shape index (κ1) is 17.8. The molecule has 1 N–H and O–H groups in total. The lowest BCUT2D eigenvalue weighted by Gasteiger charge is -2.27. The van der Waals surface area contributed by atoms with Crippen molar-refractivity contribution in [3.05, 3.63) is 59.7 Å². The predicted octanol–water partition coefficient (Wildman–Crippen LogP) is 2.73. The van der Waals surface area contributed by atoms with Gasteiger partial charge in [-0.05, 0) is 31.2 Å². The molecule has 1 aliphatic heterocycles. The summed E-state index contributed by atoms with van der Waals surface area (Å²) < 4.78 is 12.7. The molecule has 4 rings (SSSR count). The zero-order valence-corrected chi connectivity index (χ0v) is 15.4. The normalized spacial score (nSPS) is 13.9. The van der Waals surface area contributed by atoms with Crippen LogP contribution in [0.3, 0.4) is 0 Å². The zero-order valence-electron chi connectivity index (χ0n) is 15.4. The molecule has 4 heterocycles. The fraction of sp³-hybridized carbons (Fsp3) is 0.250. The Morgan fingerprint density at radius 1 is 1.25 bits per heavy atom. The van der Waals surface area contributed by atoms with Crippen molar-refractivity contribution in [3.63, 3.8) is 0 Å². The van der Waals surface area contributed by atoms with E-state index < -0.39 is 5.91 Å². The number of carbonyl (C=O) groups excluding carboxylic acids is 1. The van der Waals surface area contributed by atoms with Gasteiger partial charge in [-0.25, -0.2) is 4.98 Å². The summed E-state index contributed by atoms with van der Waals surface area (Å²) in [4.78, 5) is 19.4. The molecule has 1 saturated heterocycles. The molecule has 0 unspecified atom stereocenters. The third-order valence-electron chi connectivity index (χ3n) is 4.58. The number of furan rings is 1. The Kier molecular flexibility index (Phi) is 4.83. The molecule has 3 aromatic heterocycles. The highest BCUT2D eigenvalue weighted by Crippen LogP contribution is 2.26. The van der Waals surface area contributed by atoms with Crippen molar-refractivity contribution in [3.8, 4) is 12.0 Å². The Morgan fingerprint density at radius 2 is 2.00 bits per heavy atom. The molecule has 1 aliphatic rings. The quantitative estimate of drug-likeness (QED) is 0.751. The number of hydrogen-bond acceptors (Lipinski definition) is 6. The van der Waals surface area contributed by atoms with Crippen LogP contribution in [-0.4, -0.2) is 41.8 Å². The number of nitrogens with zero attached hydrogens (tertiary/aromatic N) is 4.